The molecule has 1 heterocycles. The van der Waals surface area contributed by atoms with Crippen molar-refractivity contribution in [1.29, 1.82) is 0 Å². The Bertz CT molecular complexity index is 969. The summed E-state index contributed by atoms with van der Waals surface area (Å²) in [5.74, 6) is -0.106. The van der Waals surface area contributed by atoms with E-state index >= 15 is 0 Å². The Kier molecular flexibility index (Phi) is 5.57. The summed E-state index contributed by atoms with van der Waals surface area (Å²) in [7, 11) is -3.70. The SMILES string of the molecule is NS(=O)(=O)c1ccc(CCN2C(=O)C(=Cc3ccccc3)SC2=S)cc1. The van der Waals surface area contributed by atoms with Gasteiger partial charge in [0.2, 0.25) is 10.0 Å². The standard InChI is InChI=1S/C18H16N2O3S3/c19-26(22,23)15-8-6-13(7-9-15)10-11-20-17(21)16(25-18(20)24)12-14-4-2-1-3-5-14/h1-9,12H,10-11H2,(H2,19,22,23). The quantitative estimate of drug-likeness (QED) is 0.612. The van der Waals surface area contributed by atoms with E-state index in [1.165, 1.54) is 23.9 Å². The molecule has 0 aliphatic carbocycles. The van der Waals surface area contributed by atoms with Crippen molar-refractivity contribution < 1.29 is 13.2 Å². The van der Waals surface area contributed by atoms with Gasteiger partial charge in [-0.05, 0) is 35.8 Å². The van der Waals surface area contributed by atoms with Gasteiger partial charge < -0.3 is 0 Å². The number of benzene rings is 2. The zero-order valence-electron chi connectivity index (χ0n) is 13.7. The van der Waals surface area contributed by atoms with E-state index in [-0.39, 0.29) is 10.8 Å². The van der Waals surface area contributed by atoms with Crippen molar-refractivity contribution in [3.63, 3.8) is 0 Å². The summed E-state index contributed by atoms with van der Waals surface area (Å²) in [5.41, 5.74) is 1.85. The molecule has 8 heteroatoms. The molecule has 0 radical (unpaired) electrons. The first kappa shape index (κ1) is 18.8. The molecule has 134 valence electrons. The van der Waals surface area contributed by atoms with Gasteiger partial charge in [0.25, 0.3) is 5.91 Å². The molecule has 1 saturated heterocycles. The fraction of sp³-hybridized carbons (Fsp3) is 0.111. The minimum absolute atomic E-state index is 0.0673. The van der Waals surface area contributed by atoms with E-state index in [0.29, 0.717) is 22.2 Å². The molecule has 2 N–H and O–H groups in total. The lowest BCUT2D eigenvalue weighted by molar-refractivity contribution is -0.122. The van der Waals surface area contributed by atoms with Crippen LogP contribution in [0.1, 0.15) is 11.1 Å². The van der Waals surface area contributed by atoms with Gasteiger partial charge in [-0.25, -0.2) is 13.6 Å². The van der Waals surface area contributed by atoms with Gasteiger partial charge in [0, 0.05) is 6.54 Å². The first-order valence-electron chi connectivity index (χ1n) is 7.77. The molecule has 1 aliphatic rings. The van der Waals surface area contributed by atoms with Crippen LogP contribution in [0.4, 0.5) is 0 Å². The van der Waals surface area contributed by atoms with Crippen LogP contribution in [-0.4, -0.2) is 30.1 Å². The van der Waals surface area contributed by atoms with E-state index in [2.05, 4.69) is 0 Å². The van der Waals surface area contributed by atoms with Gasteiger partial charge >= 0.3 is 0 Å². The van der Waals surface area contributed by atoms with Crippen LogP contribution in [0.25, 0.3) is 6.08 Å². The van der Waals surface area contributed by atoms with E-state index in [0.717, 1.165) is 11.1 Å². The minimum Gasteiger partial charge on any atom is -0.293 e. The van der Waals surface area contributed by atoms with Crippen molar-refractivity contribution in [2.24, 2.45) is 5.14 Å². The predicted octanol–water partition coefficient (Wildman–Crippen LogP) is 2.78. The van der Waals surface area contributed by atoms with Crippen LogP contribution in [0.3, 0.4) is 0 Å². The number of primary sulfonamides is 1. The van der Waals surface area contributed by atoms with Crippen LogP contribution in [0, 0.1) is 0 Å². The number of carbonyl (C=O) groups is 1. The zero-order chi connectivity index (χ0) is 18.7. The van der Waals surface area contributed by atoms with E-state index in [1.807, 2.05) is 36.4 Å². The number of amides is 1. The summed E-state index contributed by atoms with van der Waals surface area (Å²) in [6.07, 6.45) is 2.40. The molecular formula is C18H16N2O3S3. The third-order valence-electron chi connectivity index (χ3n) is 3.85. The summed E-state index contributed by atoms with van der Waals surface area (Å²) in [5, 5.41) is 5.09. The molecule has 0 bridgehead atoms. The number of carbonyl (C=O) groups excluding carboxylic acids is 1. The maximum atomic E-state index is 12.6. The first-order valence-corrected chi connectivity index (χ1v) is 10.5. The van der Waals surface area contributed by atoms with E-state index < -0.39 is 10.0 Å². The highest BCUT2D eigenvalue weighted by Gasteiger charge is 2.31. The summed E-state index contributed by atoms with van der Waals surface area (Å²) < 4.78 is 23.1. The molecule has 2 aromatic carbocycles. The van der Waals surface area contributed by atoms with Gasteiger partial charge in [-0.15, -0.1) is 0 Å². The molecule has 0 atom stereocenters. The smallest absolute Gasteiger partial charge is 0.266 e. The summed E-state index contributed by atoms with van der Waals surface area (Å²) >= 11 is 6.62. The van der Waals surface area contributed by atoms with Crippen LogP contribution in [0.5, 0.6) is 0 Å². The monoisotopic (exact) mass is 404 g/mol. The largest absolute Gasteiger partial charge is 0.293 e. The molecule has 0 aromatic heterocycles. The van der Waals surface area contributed by atoms with Crippen molar-refractivity contribution in [1.82, 2.24) is 4.90 Å². The fourth-order valence-electron chi connectivity index (χ4n) is 2.48. The van der Waals surface area contributed by atoms with Crippen molar-refractivity contribution in [3.05, 3.63) is 70.6 Å². The summed E-state index contributed by atoms with van der Waals surface area (Å²) in [4.78, 5) is 14.8. The summed E-state index contributed by atoms with van der Waals surface area (Å²) in [6, 6.07) is 15.9. The van der Waals surface area contributed by atoms with E-state index in [4.69, 9.17) is 17.4 Å². The maximum absolute atomic E-state index is 12.6. The lowest BCUT2D eigenvalue weighted by Crippen LogP contribution is -2.30. The van der Waals surface area contributed by atoms with Crippen molar-refractivity contribution in [3.8, 4) is 0 Å². The lowest BCUT2D eigenvalue weighted by Gasteiger charge is -2.14. The number of rotatable bonds is 5. The van der Waals surface area contributed by atoms with Crippen molar-refractivity contribution in [2.45, 2.75) is 11.3 Å². The van der Waals surface area contributed by atoms with Gasteiger partial charge in [0.1, 0.15) is 4.32 Å². The highest BCUT2D eigenvalue weighted by atomic mass is 32.2. The predicted molar refractivity (Wildman–Crippen MR) is 108 cm³/mol. The number of sulfonamides is 1. The third-order valence-corrected chi connectivity index (χ3v) is 6.15. The molecule has 1 fully saturated rings. The zero-order valence-corrected chi connectivity index (χ0v) is 16.1. The maximum Gasteiger partial charge on any atom is 0.266 e. The molecule has 1 amide bonds. The van der Waals surface area contributed by atoms with Gasteiger partial charge in [-0.2, -0.15) is 0 Å². The van der Waals surface area contributed by atoms with Crippen LogP contribution < -0.4 is 5.14 Å². The molecular weight excluding hydrogens is 388 g/mol. The lowest BCUT2D eigenvalue weighted by atomic mass is 10.1. The van der Waals surface area contributed by atoms with E-state index in [1.54, 1.807) is 17.0 Å². The first-order chi connectivity index (χ1) is 12.3. The molecule has 3 rings (SSSR count). The second-order valence-corrected chi connectivity index (χ2v) is 8.92. The minimum atomic E-state index is -3.70. The van der Waals surface area contributed by atoms with Crippen molar-refractivity contribution in [2.75, 3.05) is 6.54 Å². The van der Waals surface area contributed by atoms with Gasteiger partial charge in [-0.1, -0.05) is 66.4 Å². The van der Waals surface area contributed by atoms with Crippen LogP contribution in [-0.2, 0) is 21.2 Å². The van der Waals surface area contributed by atoms with E-state index in [9.17, 15) is 13.2 Å². The Morgan fingerprint density at radius 3 is 2.35 bits per heavy atom. The molecule has 1 aliphatic heterocycles. The van der Waals surface area contributed by atoms with Gasteiger partial charge in [-0.3, -0.25) is 9.69 Å². The molecule has 26 heavy (non-hydrogen) atoms. The van der Waals surface area contributed by atoms with Crippen LogP contribution >= 0.6 is 24.0 Å². The second-order valence-electron chi connectivity index (χ2n) is 5.68. The average Bonchev–Trinajstić information content (AvgIpc) is 2.87. The Morgan fingerprint density at radius 1 is 1.08 bits per heavy atom. The normalized spacial score (nSPS) is 16.5. The highest BCUT2D eigenvalue weighted by Crippen LogP contribution is 2.32. The number of nitrogens with two attached hydrogens (primary N) is 1. The number of hydrogen-bond acceptors (Lipinski definition) is 5. The summed E-state index contributed by atoms with van der Waals surface area (Å²) in [6.45, 7) is 0.436. The second kappa shape index (κ2) is 7.71. The number of nitrogens with zero attached hydrogens (tertiary/aromatic N) is 1. The number of thioether (sulfide) groups is 1. The number of hydrogen-bond donors (Lipinski definition) is 1. The Morgan fingerprint density at radius 2 is 1.73 bits per heavy atom. The molecule has 5 nitrogen and oxygen atoms in total. The Hall–Kier alpha value is -2.00. The molecule has 0 unspecified atom stereocenters. The molecule has 0 spiro atoms. The molecule has 2 aromatic rings. The Balaban J connectivity index is 1.68. The molecule has 0 saturated carbocycles. The topological polar surface area (TPSA) is 80.5 Å². The third kappa shape index (κ3) is 4.39. The van der Waals surface area contributed by atoms with Crippen LogP contribution in [0.2, 0.25) is 0 Å². The van der Waals surface area contributed by atoms with Gasteiger partial charge in [0.05, 0.1) is 9.80 Å². The Labute approximate surface area is 161 Å². The highest BCUT2D eigenvalue weighted by molar-refractivity contribution is 8.26. The average molecular weight is 405 g/mol. The van der Waals surface area contributed by atoms with Crippen LogP contribution in [0.15, 0.2) is 64.4 Å². The fourth-order valence-corrected chi connectivity index (χ4v) is 4.30. The number of thiocarbonyl (C=S) groups is 1. The van der Waals surface area contributed by atoms with Gasteiger partial charge in [0.15, 0.2) is 0 Å². The van der Waals surface area contributed by atoms with Crippen molar-refractivity contribution >= 4 is 50.3 Å².